The number of benzene rings is 1. The maximum atomic E-state index is 6.04. The molecule has 0 aromatic heterocycles. The molecule has 2 aliphatic rings. The van der Waals surface area contributed by atoms with Gasteiger partial charge in [0.1, 0.15) is 0 Å². The minimum absolute atomic E-state index is 0.0787. The van der Waals surface area contributed by atoms with Crippen LogP contribution in [0.3, 0.4) is 0 Å². The summed E-state index contributed by atoms with van der Waals surface area (Å²) in [6.45, 7) is 3.48. The van der Waals surface area contributed by atoms with Crippen molar-refractivity contribution in [2.75, 3.05) is 26.4 Å². The first-order valence-corrected chi connectivity index (χ1v) is 7.86. The smallest absolute Gasteiger partial charge is 0.168 e. The van der Waals surface area contributed by atoms with Crippen LogP contribution in [0.25, 0.3) is 0 Å². The van der Waals surface area contributed by atoms with E-state index in [0.29, 0.717) is 19.8 Å². The van der Waals surface area contributed by atoms with Gasteiger partial charge in [-0.25, -0.2) is 0 Å². The number of hydrogen-bond donors (Lipinski definition) is 1. The quantitative estimate of drug-likeness (QED) is 0.905. The van der Waals surface area contributed by atoms with Crippen LogP contribution in [0, 0.1) is 5.41 Å². The molecule has 4 nitrogen and oxygen atoms in total. The van der Waals surface area contributed by atoms with E-state index in [0.717, 1.165) is 38.9 Å². The van der Waals surface area contributed by atoms with Crippen molar-refractivity contribution < 1.29 is 14.2 Å². The molecule has 0 bridgehead atoms. The Bertz CT molecular complexity index is 433. The lowest BCUT2D eigenvalue weighted by Gasteiger charge is -2.42. The molecule has 0 unspecified atom stereocenters. The van der Waals surface area contributed by atoms with Crippen molar-refractivity contribution in [3.8, 4) is 0 Å². The summed E-state index contributed by atoms with van der Waals surface area (Å²) in [4.78, 5) is 0. The SMILES string of the molecule is NCC1(COCc2ccccc2)CCC2(CC1)OCCO2. The highest BCUT2D eigenvalue weighted by atomic mass is 16.7. The van der Waals surface area contributed by atoms with Crippen molar-refractivity contribution in [2.24, 2.45) is 11.1 Å². The lowest BCUT2D eigenvalue weighted by molar-refractivity contribution is -0.195. The van der Waals surface area contributed by atoms with E-state index < -0.39 is 0 Å². The normalized spacial score (nSPS) is 23.5. The Balaban J connectivity index is 1.51. The number of rotatable bonds is 5. The van der Waals surface area contributed by atoms with E-state index in [4.69, 9.17) is 19.9 Å². The molecule has 3 rings (SSSR count). The average molecular weight is 291 g/mol. The molecular weight excluding hydrogens is 266 g/mol. The standard InChI is InChI=1S/C17H25NO3/c18-13-16(14-19-12-15-4-2-1-3-5-15)6-8-17(9-7-16)20-10-11-21-17/h1-5H,6-14,18H2. The molecule has 0 amide bonds. The molecular formula is C17H25NO3. The van der Waals surface area contributed by atoms with Crippen molar-refractivity contribution in [2.45, 2.75) is 38.1 Å². The number of hydrogen-bond acceptors (Lipinski definition) is 4. The van der Waals surface area contributed by atoms with Gasteiger partial charge >= 0.3 is 0 Å². The lowest BCUT2D eigenvalue weighted by atomic mass is 9.72. The van der Waals surface area contributed by atoms with E-state index in [-0.39, 0.29) is 11.2 Å². The van der Waals surface area contributed by atoms with E-state index in [2.05, 4.69) is 12.1 Å². The Kier molecular flexibility index (Phi) is 4.60. The van der Waals surface area contributed by atoms with Gasteiger partial charge in [-0.1, -0.05) is 30.3 Å². The molecule has 1 aliphatic carbocycles. The van der Waals surface area contributed by atoms with Crippen LogP contribution in [0.15, 0.2) is 30.3 Å². The second kappa shape index (κ2) is 6.44. The Labute approximate surface area is 126 Å². The Morgan fingerprint density at radius 2 is 1.67 bits per heavy atom. The molecule has 1 aromatic rings. The highest BCUT2D eigenvalue weighted by Gasteiger charge is 2.45. The van der Waals surface area contributed by atoms with Crippen LogP contribution in [-0.4, -0.2) is 32.2 Å². The second-order valence-electron chi connectivity index (χ2n) is 6.29. The number of ether oxygens (including phenoxy) is 3. The second-order valence-corrected chi connectivity index (χ2v) is 6.29. The van der Waals surface area contributed by atoms with Crippen LogP contribution >= 0.6 is 0 Å². The van der Waals surface area contributed by atoms with Gasteiger partial charge < -0.3 is 19.9 Å². The Hall–Kier alpha value is -0.940. The zero-order chi connectivity index (χ0) is 14.6. The van der Waals surface area contributed by atoms with Gasteiger partial charge in [-0.15, -0.1) is 0 Å². The van der Waals surface area contributed by atoms with E-state index in [1.165, 1.54) is 5.56 Å². The molecule has 1 aliphatic heterocycles. The van der Waals surface area contributed by atoms with Crippen LogP contribution < -0.4 is 5.73 Å². The van der Waals surface area contributed by atoms with Gasteiger partial charge in [0.15, 0.2) is 5.79 Å². The van der Waals surface area contributed by atoms with Gasteiger partial charge in [-0.3, -0.25) is 0 Å². The molecule has 0 atom stereocenters. The summed E-state index contributed by atoms with van der Waals surface area (Å²) >= 11 is 0. The molecule has 1 saturated carbocycles. The molecule has 116 valence electrons. The maximum Gasteiger partial charge on any atom is 0.168 e. The van der Waals surface area contributed by atoms with Crippen LogP contribution in [0.4, 0.5) is 0 Å². The van der Waals surface area contributed by atoms with Crippen LogP contribution in [0.5, 0.6) is 0 Å². The third kappa shape index (κ3) is 3.46. The van der Waals surface area contributed by atoms with Crippen molar-refractivity contribution in [3.05, 3.63) is 35.9 Å². The van der Waals surface area contributed by atoms with Crippen LogP contribution in [0.1, 0.15) is 31.2 Å². The Morgan fingerprint density at radius 3 is 2.29 bits per heavy atom. The van der Waals surface area contributed by atoms with E-state index in [9.17, 15) is 0 Å². The van der Waals surface area contributed by atoms with Crippen LogP contribution in [0.2, 0.25) is 0 Å². The first-order chi connectivity index (χ1) is 10.3. The minimum Gasteiger partial charge on any atom is -0.376 e. The van der Waals surface area contributed by atoms with E-state index in [1.54, 1.807) is 0 Å². The van der Waals surface area contributed by atoms with Crippen LogP contribution in [-0.2, 0) is 20.8 Å². The fraction of sp³-hybridized carbons (Fsp3) is 0.647. The largest absolute Gasteiger partial charge is 0.376 e. The van der Waals surface area contributed by atoms with Gasteiger partial charge in [-0.05, 0) is 18.4 Å². The Morgan fingerprint density at radius 1 is 1.00 bits per heavy atom. The third-order valence-electron chi connectivity index (χ3n) is 4.84. The maximum absolute atomic E-state index is 6.04. The molecule has 1 heterocycles. The van der Waals surface area contributed by atoms with E-state index >= 15 is 0 Å². The summed E-state index contributed by atoms with van der Waals surface area (Å²) in [5, 5.41) is 0. The number of nitrogens with two attached hydrogens (primary N) is 1. The molecule has 0 radical (unpaired) electrons. The third-order valence-corrected chi connectivity index (χ3v) is 4.84. The summed E-state index contributed by atoms with van der Waals surface area (Å²) in [7, 11) is 0. The summed E-state index contributed by atoms with van der Waals surface area (Å²) in [5.74, 6) is -0.321. The van der Waals surface area contributed by atoms with Crippen molar-refractivity contribution in [3.63, 3.8) is 0 Å². The predicted molar refractivity (Wildman–Crippen MR) is 80.7 cm³/mol. The zero-order valence-corrected chi connectivity index (χ0v) is 12.6. The summed E-state index contributed by atoms with van der Waals surface area (Å²) in [5.41, 5.74) is 7.33. The molecule has 21 heavy (non-hydrogen) atoms. The molecule has 1 aromatic carbocycles. The van der Waals surface area contributed by atoms with Gasteiger partial charge in [0.05, 0.1) is 26.4 Å². The van der Waals surface area contributed by atoms with Gasteiger partial charge in [0.25, 0.3) is 0 Å². The highest BCUT2D eigenvalue weighted by Crippen LogP contribution is 2.44. The molecule has 1 spiro atoms. The van der Waals surface area contributed by atoms with Crippen molar-refractivity contribution in [1.29, 1.82) is 0 Å². The van der Waals surface area contributed by atoms with Crippen molar-refractivity contribution >= 4 is 0 Å². The van der Waals surface area contributed by atoms with Crippen molar-refractivity contribution in [1.82, 2.24) is 0 Å². The first kappa shape index (κ1) is 15.0. The van der Waals surface area contributed by atoms with Gasteiger partial charge in [-0.2, -0.15) is 0 Å². The monoisotopic (exact) mass is 291 g/mol. The van der Waals surface area contributed by atoms with Gasteiger partial charge in [0, 0.05) is 24.8 Å². The summed E-state index contributed by atoms with van der Waals surface area (Å²) < 4.78 is 17.5. The first-order valence-electron chi connectivity index (χ1n) is 7.86. The fourth-order valence-electron chi connectivity index (χ4n) is 3.31. The average Bonchev–Trinajstić information content (AvgIpc) is 3.00. The lowest BCUT2D eigenvalue weighted by Crippen LogP contribution is -2.45. The molecule has 2 fully saturated rings. The molecule has 4 heteroatoms. The fourth-order valence-corrected chi connectivity index (χ4v) is 3.31. The molecule has 1 saturated heterocycles. The van der Waals surface area contributed by atoms with E-state index in [1.807, 2.05) is 18.2 Å². The summed E-state index contributed by atoms with van der Waals surface area (Å²) in [6, 6.07) is 10.3. The predicted octanol–water partition coefficient (Wildman–Crippen LogP) is 2.47. The zero-order valence-electron chi connectivity index (χ0n) is 12.6. The van der Waals surface area contributed by atoms with Gasteiger partial charge in [0.2, 0.25) is 0 Å². The minimum atomic E-state index is -0.321. The molecule has 2 N–H and O–H groups in total. The highest BCUT2D eigenvalue weighted by molar-refractivity contribution is 5.13. The summed E-state index contributed by atoms with van der Waals surface area (Å²) in [6.07, 6.45) is 3.88. The topological polar surface area (TPSA) is 53.7 Å².